The van der Waals surface area contributed by atoms with Crippen LogP contribution in [0.25, 0.3) is 0 Å². The van der Waals surface area contributed by atoms with Crippen molar-refractivity contribution in [2.45, 2.75) is 70.7 Å². The molecule has 166 valence electrons. The fourth-order valence-electron chi connectivity index (χ4n) is 3.49. The first-order valence-electron chi connectivity index (χ1n) is 10.3. The molecule has 3 rings (SSSR count). The lowest BCUT2D eigenvalue weighted by Gasteiger charge is -2.49. The second-order valence-electron chi connectivity index (χ2n) is 8.52. The number of hydrogen-bond acceptors (Lipinski definition) is 7. The Morgan fingerprint density at radius 1 is 1.20 bits per heavy atom. The minimum Gasteiger partial charge on any atom is -0.457 e. The monoisotopic (exact) mass is 437 g/mol. The molecule has 0 saturated carbocycles. The van der Waals surface area contributed by atoms with E-state index in [4.69, 9.17) is 18.9 Å². The molecule has 6 atom stereocenters. The van der Waals surface area contributed by atoms with Crippen molar-refractivity contribution in [1.82, 2.24) is 5.32 Å². The van der Waals surface area contributed by atoms with E-state index in [9.17, 15) is 9.59 Å². The van der Waals surface area contributed by atoms with E-state index in [1.165, 1.54) is 6.92 Å². The molecule has 8 heteroatoms. The van der Waals surface area contributed by atoms with Gasteiger partial charge < -0.3 is 24.3 Å². The Kier molecular flexibility index (Phi) is 7.44. The number of thioether (sulfide) groups is 1. The van der Waals surface area contributed by atoms with Gasteiger partial charge in [-0.1, -0.05) is 37.3 Å². The molecule has 2 fully saturated rings. The third-order valence-electron chi connectivity index (χ3n) is 4.97. The first kappa shape index (κ1) is 23.1. The summed E-state index contributed by atoms with van der Waals surface area (Å²) in [5, 5.41) is 2.93. The van der Waals surface area contributed by atoms with Crippen LogP contribution < -0.4 is 5.32 Å². The van der Waals surface area contributed by atoms with Crippen molar-refractivity contribution in [3.63, 3.8) is 0 Å². The minimum absolute atomic E-state index is 0.216. The van der Waals surface area contributed by atoms with Crippen LogP contribution >= 0.6 is 11.8 Å². The molecular weight excluding hydrogens is 406 g/mol. The van der Waals surface area contributed by atoms with E-state index in [2.05, 4.69) is 5.32 Å². The average Bonchev–Trinajstić information content (AvgIpc) is 2.69. The lowest BCUT2D eigenvalue weighted by molar-refractivity contribution is -0.309. The Morgan fingerprint density at radius 3 is 2.50 bits per heavy atom. The van der Waals surface area contributed by atoms with Gasteiger partial charge in [0.25, 0.3) is 0 Å². The number of ether oxygens (including phenoxy) is 4. The summed E-state index contributed by atoms with van der Waals surface area (Å²) < 4.78 is 24.4. The second-order valence-corrected chi connectivity index (χ2v) is 9.90. The Balaban J connectivity index is 1.91. The Hall–Kier alpha value is -1.61. The van der Waals surface area contributed by atoms with Crippen LogP contribution in [0.5, 0.6) is 0 Å². The van der Waals surface area contributed by atoms with Gasteiger partial charge in [0.1, 0.15) is 23.7 Å². The summed E-state index contributed by atoms with van der Waals surface area (Å²) in [5.41, 5.74) is -0.192. The zero-order valence-corrected chi connectivity index (χ0v) is 18.9. The highest BCUT2D eigenvalue weighted by Gasteiger charge is 2.52. The summed E-state index contributed by atoms with van der Waals surface area (Å²) in [6.07, 6.45) is -2.27. The van der Waals surface area contributed by atoms with E-state index in [1.54, 1.807) is 32.5 Å². The van der Waals surface area contributed by atoms with Crippen LogP contribution in [0, 0.1) is 5.41 Å². The number of amides is 1. The van der Waals surface area contributed by atoms with Gasteiger partial charge in [0.15, 0.2) is 12.4 Å². The topological polar surface area (TPSA) is 83.1 Å². The van der Waals surface area contributed by atoms with E-state index in [1.807, 2.05) is 37.3 Å². The molecule has 2 aliphatic heterocycles. The molecule has 0 aromatic heterocycles. The highest BCUT2D eigenvalue weighted by molar-refractivity contribution is 7.99. The number of carbonyl (C=O) groups excluding carboxylic acids is 2. The van der Waals surface area contributed by atoms with Crippen molar-refractivity contribution in [2.75, 3.05) is 12.4 Å². The molecular formula is C22H31NO6S. The van der Waals surface area contributed by atoms with Crippen LogP contribution in [0.2, 0.25) is 0 Å². The maximum atomic E-state index is 12.8. The predicted octanol–water partition coefficient (Wildman–Crippen LogP) is 3.04. The van der Waals surface area contributed by atoms with Gasteiger partial charge in [-0.15, -0.1) is 11.8 Å². The molecule has 1 aromatic rings. The van der Waals surface area contributed by atoms with E-state index in [-0.39, 0.29) is 17.3 Å². The maximum absolute atomic E-state index is 12.8. The molecule has 30 heavy (non-hydrogen) atoms. The zero-order chi connectivity index (χ0) is 21.9. The van der Waals surface area contributed by atoms with Crippen molar-refractivity contribution in [3.05, 3.63) is 35.9 Å². The molecule has 2 saturated heterocycles. The smallest absolute Gasteiger partial charge is 0.311 e. The summed E-state index contributed by atoms with van der Waals surface area (Å²) >= 11 is 1.55. The summed E-state index contributed by atoms with van der Waals surface area (Å²) in [6, 6.07) is 9.06. The van der Waals surface area contributed by atoms with E-state index >= 15 is 0 Å². The molecule has 2 aliphatic rings. The molecule has 2 heterocycles. The molecule has 0 radical (unpaired) electrons. The van der Waals surface area contributed by atoms with Crippen LogP contribution in [0.4, 0.5) is 0 Å². The van der Waals surface area contributed by atoms with Crippen molar-refractivity contribution in [3.8, 4) is 0 Å². The molecule has 0 bridgehead atoms. The number of fused-ring (bicyclic) bond motifs is 1. The van der Waals surface area contributed by atoms with E-state index in [0.29, 0.717) is 6.61 Å². The summed E-state index contributed by atoms with van der Waals surface area (Å²) in [4.78, 5) is 24.7. The van der Waals surface area contributed by atoms with Gasteiger partial charge in [-0.25, -0.2) is 0 Å². The van der Waals surface area contributed by atoms with Crippen molar-refractivity contribution in [1.29, 1.82) is 0 Å². The number of rotatable bonds is 5. The third kappa shape index (κ3) is 5.35. The molecule has 0 unspecified atom stereocenters. The molecule has 0 aliphatic carbocycles. The third-order valence-corrected chi connectivity index (χ3v) is 6.03. The Bertz CT molecular complexity index is 737. The predicted molar refractivity (Wildman–Crippen MR) is 114 cm³/mol. The van der Waals surface area contributed by atoms with Gasteiger partial charge in [0.2, 0.25) is 5.91 Å². The highest BCUT2D eigenvalue weighted by Crippen LogP contribution is 2.38. The fourth-order valence-corrected chi connectivity index (χ4v) is 4.47. The summed E-state index contributed by atoms with van der Waals surface area (Å²) in [5.74, 6) is 0.217. The van der Waals surface area contributed by atoms with Crippen LogP contribution in [0.1, 0.15) is 46.5 Å². The highest BCUT2D eigenvalue weighted by atomic mass is 32.2. The maximum Gasteiger partial charge on any atom is 0.311 e. The molecule has 1 N–H and O–H groups in total. The number of nitrogens with one attached hydrogen (secondary N) is 1. The second kappa shape index (κ2) is 9.68. The van der Waals surface area contributed by atoms with E-state index < -0.39 is 36.1 Å². The molecule has 1 aromatic carbocycles. The molecule has 1 amide bonds. The summed E-state index contributed by atoms with van der Waals surface area (Å²) in [7, 11) is 0. The van der Waals surface area contributed by atoms with Crippen molar-refractivity contribution < 1.29 is 28.5 Å². The van der Waals surface area contributed by atoms with E-state index in [0.717, 1.165) is 11.3 Å². The quantitative estimate of drug-likeness (QED) is 0.709. The molecule has 7 nitrogen and oxygen atoms in total. The van der Waals surface area contributed by atoms with Gasteiger partial charge in [-0.2, -0.15) is 0 Å². The van der Waals surface area contributed by atoms with Crippen molar-refractivity contribution >= 4 is 23.6 Å². The largest absolute Gasteiger partial charge is 0.457 e. The van der Waals surface area contributed by atoms with Crippen LogP contribution in [-0.2, 0) is 28.5 Å². The normalized spacial score (nSPS) is 31.5. The standard InChI is InChI=1S/C22H31NO6S/c1-6-30-20-16(23-13(2)24)18(29-21(25)22(3,4)5)17-15(27-20)12-26-19(28-17)14-10-8-7-9-11-14/h7-11,15-20H,6,12H2,1-5H3,(H,23,24)/t15-,16-,17-,18-,19-,20-/m1/s1. The minimum atomic E-state index is -0.696. The van der Waals surface area contributed by atoms with Gasteiger partial charge in [-0.3, -0.25) is 9.59 Å². The molecule has 0 spiro atoms. The Labute approximate surface area is 182 Å². The average molecular weight is 438 g/mol. The van der Waals surface area contributed by atoms with Crippen LogP contribution in [-0.4, -0.2) is 54.0 Å². The van der Waals surface area contributed by atoms with Gasteiger partial charge in [0, 0.05) is 12.5 Å². The first-order valence-corrected chi connectivity index (χ1v) is 11.3. The lowest BCUT2D eigenvalue weighted by atomic mass is 9.94. The SMILES string of the molecule is CCS[C@H]1O[C@@H]2CO[C@@H](c3ccccc3)O[C@H]2[C@H](OC(=O)C(C)(C)C)[C@H]1NC(C)=O. The van der Waals surface area contributed by atoms with Gasteiger partial charge in [-0.05, 0) is 26.5 Å². The van der Waals surface area contributed by atoms with Gasteiger partial charge >= 0.3 is 5.97 Å². The van der Waals surface area contributed by atoms with Crippen LogP contribution in [0.3, 0.4) is 0 Å². The lowest BCUT2D eigenvalue weighted by Crippen LogP contribution is -2.66. The number of esters is 1. The Morgan fingerprint density at radius 2 is 1.90 bits per heavy atom. The van der Waals surface area contributed by atoms with Gasteiger partial charge in [0.05, 0.1) is 12.0 Å². The van der Waals surface area contributed by atoms with Crippen LogP contribution in [0.15, 0.2) is 30.3 Å². The number of benzene rings is 1. The van der Waals surface area contributed by atoms with Crippen molar-refractivity contribution in [2.24, 2.45) is 5.41 Å². The fraction of sp³-hybridized carbons (Fsp3) is 0.636. The summed E-state index contributed by atoms with van der Waals surface area (Å²) in [6.45, 7) is 9.17. The first-order chi connectivity index (χ1) is 14.2. The zero-order valence-electron chi connectivity index (χ0n) is 18.1. The number of hydrogen-bond donors (Lipinski definition) is 1. The number of carbonyl (C=O) groups is 2.